The minimum absolute atomic E-state index is 0.0176. The molecule has 5 nitrogen and oxygen atoms in total. The molecule has 16 heavy (non-hydrogen) atoms. The Morgan fingerprint density at radius 1 is 1.44 bits per heavy atom. The third-order valence-corrected chi connectivity index (χ3v) is 4.82. The van der Waals surface area contributed by atoms with Crippen LogP contribution in [0.25, 0.3) is 0 Å². The molecule has 3 atom stereocenters. The molecule has 1 aliphatic heterocycles. The summed E-state index contributed by atoms with van der Waals surface area (Å²) in [5.41, 5.74) is 0. The number of hydrogen-bond donors (Lipinski definition) is 3. The van der Waals surface area contributed by atoms with Gasteiger partial charge in [0.2, 0.25) is 0 Å². The first-order chi connectivity index (χ1) is 7.48. The molecule has 6 heteroatoms. The first-order valence-electron chi connectivity index (χ1n) is 5.71. The van der Waals surface area contributed by atoms with Crippen molar-refractivity contribution < 1.29 is 18.6 Å². The topological polar surface area (TPSA) is 86.6 Å². The monoisotopic (exact) mass is 251 g/mol. The first kappa shape index (κ1) is 13.9. The molecule has 1 saturated heterocycles. The van der Waals surface area contributed by atoms with E-state index in [1.807, 2.05) is 6.92 Å². The van der Waals surface area contributed by atoms with Crippen LogP contribution in [0.15, 0.2) is 0 Å². The number of sulfone groups is 1. The van der Waals surface area contributed by atoms with E-state index in [9.17, 15) is 13.5 Å². The van der Waals surface area contributed by atoms with E-state index in [0.717, 1.165) is 6.42 Å². The van der Waals surface area contributed by atoms with E-state index in [2.05, 4.69) is 5.32 Å². The number of aliphatic hydroxyl groups excluding tert-OH is 2. The van der Waals surface area contributed by atoms with Gasteiger partial charge in [0.15, 0.2) is 9.84 Å². The molecule has 0 aromatic carbocycles. The van der Waals surface area contributed by atoms with Crippen LogP contribution in [0.2, 0.25) is 0 Å². The summed E-state index contributed by atoms with van der Waals surface area (Å²) in [7, 11) is -3.07. The van der Waals surface area contributed by atoms with E-state index in [1.165, 1.54) is 0 Å². The summed E-state index contributed by atoms with van der Waals surface area (Å²) in [4.78, 5) is 0. The van der Waals surface area contributed by atoms with Crippen LogP contribution in [-0.2, 0) is 9.84 Å². The summed E-state index contributed by atoms with van der Waals surface area (Å²) in [5, 5.41) is 21.5. The van der Waals surface area contributed by atoms with Gasteiger partial charge in [-0.3, -0.25) is 0 Å². The number of hydrogen-bond acceptors (Lipinski definition) is 5. The van der Waals surface area contributed by atoms with Crippen molar-refractivity contribution >= 4 is 9.84 Å². The lowest BCUT2D eigenvalue weighted by atomic mass is 10.0. The highest BCUT2D eigenvalue weighted by atomic mass is 32.2. The third kappa shape index (κ3) is 4.01. The van der Waals surface area contributed by atoms with Gasteiger partial charge in [-0.2, -0.15) is 0 Å². The lowest BCUT2D eigenvalue weighted by Gasteiger charge is -2.19. The molecule has 0 aromatic heterocycles. The Morgan fingerprint density at radius 3 is 2.56 bits per heavy atom. The molecule has 1 fully saturated rings. The lowest BCUT2D eigenvalue weighted by molar-refractivity contribution is 0.160. The second kappa shape index (κ2) is 5.95. The Kier molecular flexibility index (Phi) is 5.17. The molecular formula is C10H21NO4S. The summed E-state index contributed by atoms with van der Waals surface area (Å²) >= 11 is 0. The maximum Gasteiger partial charge on any atom is 0.154 e. The van der Waals surface area contributed by atoms with Gasteiger partial charge in [-0.1, -0.05) is 13.3 Å². The Hall–Kier alpha value is -0.170. The molecule has 0 amide bonds. The molecule has 1 aliphatic rings. The van der Waals surface area contributed by atoms with Gasteiger partial charge in [0.1, 0.15) is 0 Å². The van der Waals surface area contributed by atoms with Crippen molar-refractivity contribution in [2.24, 2.45) is 5.92 Å². The predicted molar refractivity (Wildman–Crippen MR) is 61.9 cm³/mol. The molecule has 0 aromatic rings. The van der Waals surface area contributed by atoms with Gasteiger partial charge < -0.3 is 15.5 Å². The zero-order valence-corrected chi connectivity index (χ0v) is 10.4. The van der Waals surface area contributed by atoms with E-state index in [1.54, 1.807) is 0 Å². The normalized spacial score (nSPS) is 30.4. The van der Waals surface area contributed by atoms with E-state index in [-0.39, 0.29) is 24.2 Å². The summed E-state index contributed by atoms with van der Waals surface area (Å²) in [5.74, 6) is 0.214. The second-order valence-electron chi connectivity index (χ2n) is 4.45. The van der Waals surface area contributed by atoms with Crippen molar-refractivity contribution in [2.75, 3.05) is 24.7 Å². The van der Waals surface area contributed by atoms with E-state index < -0.39 is 15.9 Å². The van der Waals surface area contributed by atoms with E-state index in [0.29, 0.717) is 18.9 Å². The lowest BCUT2D eigenvalue weighted by Crippen LogP contribution is -2.41. The number of rotatable bonds is 6. The average molecular weight is 251 g/mol. The molecule has 1 heterocycles. The fourth-order valence-electron chi connectivity index (χ4n) is 1.98. The summed E-state index contributed by atoms with van der Waals surface area (Å²) < 4.78 is 22.5. The molecule has 3 unspecified atom stereocenters. The molecule has 0 saturated carbocycles. The highest BCUT2D eigenvalue weighted by Gasteiger charge is 2.36. The number of nitrogens with one attached hydrogen (secondary N) is 1. The van der Waals surface area contributed by atoms with E-state index >= 15 is 0 Å². The van der Waals surface area contributed by atoms with Crippen LogP contribution in [0.5, 0.6) is 0 Å². The Morgan fingerprint density at radius 2 is 2.12 bits per heavy atom. The second-order valence-corrected chi connectivity index (χ2v) is 6.60. The minimum Gasteiger partial charge on any atom is -0.396 e. The minimum atomic E-state index is -3.07. The standard InChI is InChI=1S/C10H21NO4S/c1-2-8(3-4-12)5-11-9-6-16(14,15)7-10(9)13/h8-13H,2-7H2,1H3. The van der Waals surface area contributed by atoms with Gasteiger partial charge in [0, 0.05) is 12.6 Å². The van der Waals surface area contributed by atoms with Gasteiger partial charge in [0.25, 0.3) is 0 Å². The van der Waals surface area contributed by atoms with Gasteiger partial charge in [-0.15, -0.1) is 0 Å². The fraction of sp³-hybridized carbons (Fsp3) is 1.00. The van der Waals surface area contributed by atoms with Crippen LogP contribution >= 0.6 is 0 Å². The van der Waals surface area contributed by atoms with Crippen LogP contribution in [0.1, 0.15) is 19.8 Å². The van der Waals surface area contributed by atoms with Crippen LogP contribution in [0.3, 0.4) is 0 Å². The van der Waals surface area contributed by atoms with Gasteiger partial charge >= 0.3 is 0 Å². The summed E-state index contributed by atoms with van der Waals surface area (Å²) in [6.07, 6.45) is 0.846. The molecule has 0 bridgehead atoms. The van der Waals surface area contributed by atoms with Gasteiger partial charge in [0.05, 0.1) is 17.6 Å². The van der Waals surface area contributed by atoms with Crippen molar-refractivity contribution in [2.45, 2.75) is 31.9 Å². The van der Waals surface area contributed by atoms with Crippen molar-refractivity contribution in [3.63, 3.8) is 0 Å². The zero-order chi connectivity index (χ0) is 12.2. The molecule has 3 N–H and O–H groups in total. The fourth-order valence-corrected chi connectivity index (χ4v) is 3.75. The van der Waals surface area contributed by atoms with Crippen molar-refractivity contribution in [1.29, 1.82) is 0 Å². The summed E-state index contributed by atoms with van der Waals surface area (Å²) in [6, 6.07) is -0.349. The molecule has 0 spiro atoms. The largest absolute Gasteiger partial charge is 0.396 e. The molecule has 1 rings (SSSR count). The highest BCUT2D eigenvalue weighted by molar-refractivity contribution is 7.91. The zero-order valence-electron chi connectivity index (χ0n) is 9.59. The molecule has 0 radical (unpaired) electrons. The molecular weight excluding hydrogens is 230 g/mol. The Bertz CT molecular complexity index is 304. The summed E-state index contributed by atoms with van der Waals surface area (Å²) in [6.45, 7) is 2.82. The van der Waals surface area contributed by atoms with Crippen molar-refractivity contribution in [1.82, 2.24) is 5.32 Å². The van der Waals surface area contributed by atoms with Crippen molar-refractivity contribution in [3.8, 4) is 0 Å². The van der Waals surface area contributed by atoms with Crippen LogP contribution in [-0.4, -0.2) is 55.4 Å². The molecule has 0 aliphatic carbocycles. The SMILES string of the molecule is CCC(CCO)CNC1CS(=O)(=O)CC1O. The van der Waals surface area contributed by atoms with Gasteiger partial charge in [-0.05, 0) is 18.9 Å². The first-order valence-corrected chi connectivity index (χ1v) is 7.53. The maximum absolute atomic E-state index is 11.3. The third-order valence-electron chi connectivity index (χ3n) is 3.11. The smallest absolute Gasteiger partial charge is 0.154 e. The average Bonchev–Trinajstić information content (AvgIpc) is 2.46. The maximum atomic E-state index is 11.3. The van der Waals surface area contributed by atoms with Crippen molar-refractivity contribution in [3.05, 3.63) is 0 Å². The van der Waals surface area contributed by atoms with Crippen LogP contribution in [0.4, 0.5) is 0 Å². The van der Waals surface area contributed by atoms with Gasteiger partial charge in [-0.25, -0.2) is 8.42 Å². The number of aliphatic hydroxyl groups is 2. The van der Waals surface area contributed by atoms with E-state index in [4.69, 9.17) is 5.11 Å². The Labute approximate surface area is 96.8 Å². The Balaban J connectivity index is 2.38. The predicted octanol–water partition coefficient (Wildman–Crippen LogP) is -0.857. The van der Waals surface area contributed by atoms with Crippen LogP contribution < -0.4 is 5.32 Å². The quantitative estimate of drug-likeness (QED) is 0.572. The van der Waals surface area contributed by atoms with Crippen LogP contribution in [0, 0.1) is 5.92 Å². The molecule has 96 valence electrons. The highest BCUT2D eigenvalue weighted by Crippen LogP contribution is 2.14.